The van der Waals surface area contributed by atoms with Crippen LogP contribution in [0, 0.1) is 5.82 Å². The molecule has 0 aromatic heterocycles. The van der Waals surface area contributed by atoms with Gasteiger partial charge in [0.1, 0.15) is 5.82 Å². The van der Waals surface area contributed by atoms with Crippen LogP contribution >= 0.6 is 15.9 Å². The highest BCUT2D eigenvalue weighted by Gasteiger charge is 2.11. The molecule has 2 nitrogen and oxygen atoms in total. The molecule has 102 valence electrons. The maximum atomic E-state index is 13.6. The molecule has 0 heterocycles. The van der Waals surface area contributed by atoms with Crippen LogP contribution < -0.4 is 11.3 Å². The summed E-state index contributed by atoms with van der Waals surface area (Å²) in [4.78, 5) is 0. The SMILES string of the molecule is CCCCCCC(Cc1cc(Br)ccc1F)NN. The van der Waals surface area contributed by atoms with Gasteiger partial charge in [0.15, 0.2) is 0 Å². The van der Waals surface area contributed by atoms with E-state index in [-0.39, 0.29) is 11.9 Å². The Morgan fingerprint density at radius 1 is 1.33 bits per heavy atom. The third-order valence-electron chi connectivity index (χ3n) is 3.12. The van der Waals surface area contributed by atoms with Gasteiger partial charge in [0.2, 0.25) is 0 Å². The van der Waals surface area contributed by atoms with E-state index in [1.165, 1.54) is 25.3 Å². The molecule has 18 heavy (non-hydrogen) atoms. The second-order valence-electron chi connectivity index (χ2n) is 4.65. The highest BCUT2D eigenvalue weighted by Crippen LogP contribution is 2.18. The first-order chi connectivity index (χ1) is 8.67. The van der Waals surface area contributed by atoms with E-state index in [0.29, 0.717) is 12.0 Å². The fraction of sp³-hybridized carbons (Fsp3) is 0.571. The Bertz CT molecular complexity index is 358. The third-order valence-corrected chi connectivity index (χ3v) is 3.61. The van der Waals surface area contributed by atoms with Crippen molar-refractivity contribution in [1.29, 1.82) is 0 Å². The number of halogens is 2. The molecule has 1 aromatic rings. The minimum atomic E-state index is -0.160. The third kappa shape index (κ3) is 5.46. The second kappa shape index (κ2) is 8.62. The number of benzene rings is 1. The zero-order chi connectivity index (χ0) is 13.4. The summed E-state index contributed by atoms with van der Waals surface area (Å²) >= 11 is 3.36. The van der Waals surface area contributed by atoms with Crippen molar-refractivity contribution in [3.63, 3.8) is 0 Å². The number of nitrogens with two attached hydrogens (primary N) is 1. The number of rotatable bonds is 8. The molecule has 0 aliphatic heterocycles. The lowest BCUT2D eigenvalue weighted by atomic mass is 10.0. The van der Waals surface area contributed by atoms with Gasteiger partial charge in [-0.2, -0.15) is 0 Å². The van der Waals surface area contributed by atoms with Crippen LogP contribution in [0.4, 0.5) is 4.39 Å². The smallest absolute Gasteiger partial charge is 0.126 e. The van der Waals surface area contributed by atoms with Crippen molar-refractivity contribution in [3.8, 4) is 0 Å². The van der Waals surface area contributed by atoms with Crippen LogP contribution in [0.1, 0.15) is 44.6 Å². The molecular weight excluding hydrogens is 295 g/mol. The van der Waals surface area contributed by atoms with Gasteiger partial charge in [-0.3, -0.25) is 11.3 Å². The van der Waals surface area contributed by atoms with E-state index < -0.39 is 0 Å². The number of nitrogens with one attached hydrogen (secondary N) is 1. The van der Waals surface area contributed by atoms with Crippen LogP contribution in [0.25, 0.3) is 0 Å². The standard InChI is InChI=1S/C14H22BrFN2/c1-2-3-4-5-6-13(18-17)10-11-9-12(15)7-8-14(11)16/h7-9,13,18H,2-6,10,17H2,1H3. The Hall–Kier alpha value is -0.450. The molecule has 0 radical (unpaired) electrons. The highest BCUT2D eigenvalue weighted by molar-refractivity contribution is 9.10. The minimum absolute atomic E-state index is 0.144. The van der Waals surface area contributed by atoms with Crippen molar-refractivity contribution in [1.82, 2.24) is 5.43 Å². The molecule has 0 fully saturated rings. The van der Waals surface area contributed by atoms with Gasteiger partial charge in [-0.25, -0.2) is 4.39 Å². The van der Waals surface area contributed by atoms with Crippen LogP contribution in [-0.2, 0) is 6.42 Å². The van der Waals surface area contributed by atoms with Crippen molar-refractivity contribution in [2.24, 2.45) is 5.84 Å². The van der Waals surface area contributed by atoms with Gasteiger partial charge in [0, 0.05) is 10.5 Å². The minimum Gasteiger partial charge on any atom is -0.271 e. The predicted molar refractivity (Wildman–Crippen MR) is 77.7 cm³/mol. The van der Waals surface area contributed by atoms with Crippen molar-refractivity contribution < 1.29 is 4.39 Å². The fourth-order valence-corrected chi connectivity index (χ4v) is 2.44. The summed E-state index contributed by atoms with van der Waals surface area (Å²) in [5.74, 6) is 5.38. The Balaban J connectivity index is 2.48. The molecule has 0 bridgehead atoms. The van der Waals surface area contributed by atoms with Gasteiger partial charge in [0.05, 0.1) is 0 Å². The second-order valence-corrected chi connectivity index (χ2v) is 5.57. The molecule has 0 aliphatic carbocycles. The Morgan fingerprint density at radius 3 is 2.78 bits per heavy atom. The van der Waals surface area contributed by atoms with Crippen molar-refractivity contribution in [2.45, 2.75) is 51.5 Å². The summed E-state index contributed by atoms with van der Waals surface area (Å²) in [6.07, 6.45) is 6.45. The fourth-order valence-electron chi connectivity index (χ4n) is 2.03. The molecule has 1 atom stereocenters. The summed E-state index contributed by atoms with van der Waals surface area (Å²) in [5.41, 5.74) is 3.50. The van der Waals surface area contributed by atoms with Gasteiger partial charge in [-0.15, -0.1) is 0 Å². The number of hydrogen-bond donors (Lipinski definition) is 2. The van der Waals surface area contributed by atoms with Gasteiger partial charge in [-0.1, -0.05) is 48.5 Å². The molecule has 0 saturated heterocycles. The van der Waals surface area contributed by atoms with Crippen LogP contribution in [0.15, 0.2) is 22.7 Å². The van der Waals surface area contributed by atoms with E-state index in [9.17, 15) is 4.39 Å². The van der Waals surface area contributed by atoms with Crippen molar-refractivity contribution in [3.05, 3.63) is 34.1 Å². The summed E-state index contributed by atoms with van der Waals surface area (Å²) in [5, 5.41) is 0. The van der Waals surface area contributed by atoms with E-state index in [4.69, 9.17) is 5.84 Å². The van der Waals surface area contributed by atoms with E-state index >= 15 is 0 Å². The maximum Gasteiger partial charge on any atom is 0.126 e. The van der Waals surface area contributed by atoms with Gasteiger partial charge in [-0.05, 0) is 36.6 Å². The number of unbranched alkanes of at least 4 members (excludes halogenated alkanes) is 3. The molecule has 0 spiro atoms. The van der Waals surface area contributed by atoms with Crippen LogP contribution in [0.5, 0.6) is 0 Å². The van der Waals surface area contributed by atoms with Crippen molar-refractivity contribution >= 4 is 15.9 Å². The normalized spacial score (nSPS) is 12.7. The quantitative estimate of drug-likeness (QED) is 0.433. The van der Waals surface area contributed by atoms with E-state index in [1.54, 1.807) is 6.07 Å². The number of hydrazine groups is 1. The molecule has 0 saturated carbocycles. The van der Waals surface area contributed by atoms with Crippen LogP contribution in [0.2, 0.25) is 0 Å². The zero-order valence-electron chi connectivity index (χ0n) is 10.9. The van der Waals surface area contributed by atoms with E-state index in [2.05, 4.69) is 28.3 Å². The molecule has 0 aliphatic rings. The Morgan fingerprint density at radius 2 is 2.11 bits per heavy atom. The lowest BCUT2D eigenvalue weighted by Gasteiger charge is -2.16. The Labute approximate surface area is 117 Å². The zero-order valence-corrected chi connectivity index (χ0v) is 12.5. The molecule has 4 heteroatoms. The molecule has 1 aromatic carbocycles. The average Bonchev–Trinajstić information content (AvgIpc) is 2.37. The molecule has 3 N–H and O–H groups in total. The van der Waals surface area contributed by atoms with Gasteiger partial charge >= 0.3 is 0 Å². The first kappa shape index (κ1) is 15.6. The van der Waals surface area contributed by atoms with Gasteiger partial charge < -0.3 is 0 Å². The summed E-state index contributed by atoms with van der Waals surface area (Å²) in [7, 11) is 0. The lowest BCUT2D eigenvalue weighted by Crippen LogP contribution is -2.36. The topological polar surface area (TPSA) is 38.0 Å². The summed E-state index contributed by atoms with van der Waals surface area (Å²) in [6, 6.07) is 5.17. The molecule has 0 amide bonds. The van der Waals surface area contributed by atoms with Crippen molar-refractivity contribution in [2.75, 3.05) is 0 Å². The highest BCUT2D eigenvalue weighted by atomic mass is 79.9. The van der Waals surface area contributed by atoms with Crippen LogP contribution in [-0.4, -0.2) is 6.04 Å². The summed E-state index contributed by atoms with van der Waals surface area (Å²) in [6.45, 7) is 2.19. The predicted octanol–water partition coefficient (Wildman–Crippen LogP) is 3.93. The molecular formula is C14H22BrFN2. The number of hydrogen-bond acceptors (Lipinski definition) is 2. The Kier molecular flexibility index (Phi) is 7.47. The monoisotopic (exact) mass is 316 g/mol. The first-order valence-electron chi connectivity index (χ1n) is 6.57. The maximum absolute atomic E-state index is 13.6. The molecule has 1 rings (SSSR count). The van der Waals surface area contributed by atoms with E-state index in [1.807, 2.05) is 6.07 Å². The summed E-state index contributed by atoms with van der Waals surface area (Å²) < 4.78 is 14.5. The van der Waals surface area contributed by atoms with E-state index in [0.717, 1.165) is 17.3 Å². The van der Waals surface area contributed by atoms with Crippen LogP contribution in [0.3, 0.4) is 0 Å². The first-order valence-corrected chi connectivity index (χ1v) is 7.36. The average molecular weight is 317 g/mol. The largest absolute Gasteiger partial charge is 0.271 e. The molecule has 1 unspecified atom stereocenters. The van der Waals surface area contributed by atoms with Gasteiger partial charge in [0.25, 0.3) is 0 Å². The lowest BCUT2D eigenvalue weighted by molar-refractivity contribution is 0.455.